The van der Waals surface area contributed by atoms with Gasteiger partial charge in [0.25, 0.3) is 11.6 Å². The maximum Gasteiger partial charge on any atom is 0.292 e. The molecule has 0 spiro atoms. The molecule has 2 aromatic carbocycles. The second kappa shape index (κ2) is 9.11. The molecule has 1 amide bonds. The molecule has 1 aliphatic heterocycles. The van der Waals surface area contributed by atoms with Gasteiger partial charge < -0.3 is 19.7 Å². The third-order valence-electron chi connectivity index (χ3n) is 5.12. The van der Waals surface area contributed by atoms with Crippen LogP contribution in [0.2, 0.25) is 5.02 Å². The first-order valence-electron chi connectivity index (χ1n) is 9.23. The van der Waals surface area contributed by atoms with Gasteiger partial charge in [-0.3, -0.25) is 14.9 Å². The van der Waals surface area contributed by atoms with Gasteiger partial charge in [0, 0.05) is 30.0 Å². The zero-order valence-electron chi connectivity index (χ0n) is 16.2. The summed E-state index contributed by atoms with van der Waals surface area (Å²) in [5.41, 5.74) is 0.930. The van der Waals surface area contributed by atoms with Crippen LogP contribution >= 0.6 is 11.6 Å². The lowest BCUT2D eigenvalue weighted by Crippen LogP contribution is -3.11. The number of carbonyl (C=O) groups is 1. The number of carbonyl (C=O) groups excluding carboxylic acids is 1. The third kappa shape index (κ3) is 4.78. The molecule has 1 unspecified atom stereocenters. The van der Waals surface area contributed by atoms with E-state index in [1.54, 1.807) is 14.2 Å². The summed E-state index contributed by atoms with van der Waals surface area (Å²) in [6.07, 6.45) is 1.89. The second-order valence-electron chi connectivity index (χ2n) is 6.85. The highest BCUT2D eigenvalue weighted by molar-refractivity contribution is 6.31. The molecule has 154 valence electrons. The number of likely N-dealkylation sites (tertiary alicyclic amines) is 1. The van der Waals surface area contributed by atoms with E-state index < -0.39 is 4.92 Å². The number of nitro groups is 1. The Hall–Kier alpha value is -2.84. The number of nitro benzene ring substituents is 1. The van der Waals surface area contributed by atoms with Crippen molar-refractivity contribution >= 4 is 28.9 Å². The fraction of sp³-hybridized carbons (Fsp3) is 0.350. The van der Waals surface area contributed by atoms with Crippen LogP contribution in [0.1, 0.15) is 24.4 Å². The van der Waals surface area contributed by atoms with Crippen molar-refractivity contribution in [3.8, 4) is 11.5 Å². The maximum absolute atomic E-state index is 12.6. The molecule has 1 saturated heterocycles. The standard InChI is InChI=1S/C20H22ClN3O5/c1-28-14-6-7-15(19(11-14)29-2)17-4-3-9-23(17)12-20(25)22-16-10-13(21)5-8-18(16)24(26)27/h5-8,10-11,17H,3-4,9,12H2,1-2H3,(H,22,25)/p+1/t17-/m0/s1. The highest BCUT2D eigenvalue weighted by Gasteiger charge is 2.34. The Morgan fingerprint density at radius 2 is 2.07 bits per heavy atom. The van der Waals surface area contributed by atoms with Gasteiger partial charge in [0.2, 0.25) is 0 Å². The van der Waals surface area contributed by atoms with E-state index in [-0.39, 0.29) is 29.9 Å². The summed E-state index contributed by atoms with van der Waals surface area (Å²) < 4.78 is 10.8. The summed E-state index contributed by atoms with van der Waals surface area (Å²) in [6.45, 7) is 1.01. The first kappa shape index (κ1) is 20.9. The van der Waals surface area contributed by atoms with Crippen LogP contribution < -0.4 is 19.7 Å². The summed E-state index contributed by atoms with van der Waals surface area (Å²) in [6, 6.07) is 9.87. The predicted octanol–water partition coefficient (Wildman–Crippen LogP) is 2.62. The minimum absolute atomic E-state index is 0.0935. The van der Waals surface area contributed by atoms with Crippen LogP contribution in [-0.2, 0) is 4.79 Å². The van der Waals surface area contributed by atoms with Gasteiger partial charge in [0.15, 0.2) is 6.54 Å². The van der Waals surface area contributed by atoms with Crippen LogP contribution in [-0.4, -0.2) is 38.1 Å². The average molecular weight is 421 g/mol. The number of ether oxygens (including phenoxy) is 2. The molecule has 1 aliphatic rings. The van der Waals surface area contributed by atoms with Gasteiger partial charge in [-0.15, -0.1) is 0 Å². The van der Waals surface area contributed by atoms with E-state index in [1.807, 2.05) is 18.2 Å². The molecule has 0 bridgehead atoms. The highest BCUT2D eigenvalue weighted by atomic mass is 35.5. The van der Waals surface area contributed by atoms with Crippen LogP contribution in [0.5, 0.6) is 11.5 Å². The van der Waals surface area contributed by atoms with Crippen molar-refractivity contribution in [2.75, 3.05) is 32.6 Å². The van der Waals surface area contributed by atoms with E-state index in [4.69, 9.17) is 21.1 Å². The first-order valence-corrected chi connectivity index (χ1v) is 9.61. The number of rotatable bonds is 7. The van der Waals surface area contributed by atoms with E-state index in [2.05, 4.69) is 5.32 Å². The van der Waals surface area contributed by atoms with Gasteiger partial charge in [-0.05, 0) is 24.3 Å². The topological polar surface area (TPSA) is 95.1 Å². The highest BCUT2D eigenvalue weighted by Crippen LogP contribution is 2.32. The van der Waals surface area contributed by atoms with E-state index >= 15 is 0 Å². The van der Waals surface area contributed by atoms with Crippen LogP contribution in [0.15, 0.2) is 36.4 Å². The predicted molar refractivity (Wildman–Crippen MR) is 109 cm³/mol. The molecular formula is C20H23ClN3O5+. The molecule has 2 N–H and O–H groups in total. The van der Waals surface area contributed by atoms with Crippen molar-refractivity contribution in [2.45, 2.75) is 18.9 Å². The van der Waals surface area contributed by atoms with Gasteiger partial charge in [-0.1, -0.05) is 11.6 Å². The molecule has 0 saturated carbocycles. The summed E-state index contributed by atoms with van der Waals surface area (Å²) >= 11 is 5.93. The SMILES string of the molecule is COc1ccc([C@@H]2CCC[NH+]2CC(=O)Nc2cc(Cl)ccc2[N+](=O)[O-])c(OC)c1. The molecule has 8 nitrogen and oxygen atoms in total. The third-order valence-corrected chi connectivity index (χ3v) is 5.35. The molecule has 1 fully saturated rings. The first-order chi connectivity index (χ1) is 13.9. The molecule has 3 rings (SSSR count). The molecule has 0 aromatic heterocycles. The minimum Gasteiger partial charge on any atom is -0.497 e. The van der Waals surface area contributed by atoms with E-state index in [0.717, 1.165) is 35.6 Å². The molecule has 29 heavy (non-hydrogen) atoms. The summed E-state index contributed by atoms with van der Waals surface area (Å²) in [5, 5.41) is 14.2. The van der Waals surface area contributed by atoms with Gasteiger partial charge in [0.1, 0.15) is 23.2 Å². The Labute approximate surface area is 173 Å². The van der Waals surface area contributed by atoms with Gasteiger partial charge in [-0.25, -0.2) is 0 Å². The van der Waals surface area contributed by atoms with Crippen LogP contribution in [0.3, 0.4) is 0 Å². The number of nitrogens with zero attached hydrogens (tertiary/aromatic N) is 1. The second-order valence-corrected chi connectivity index (χ2v) is 7.29. The lowest BCUT2D eigenvalue weighted by molar-refractivity contribution is -0.910. The van der Waals surface area contributed by atoms with Crippen LogP contribution in [0.25, 0.3) is 0 Å². The summed E-state index contributed by atoms with van der Waals surface area (Å²) in [4.78, 5) is 24.4. The van der Waals surface area contributed by atoms with E-state index in [1.165, 1.54) is 18.2 Å². The monoisotopic (exact) mass is 420 g/mol. The van der Waals surface area contributed by atoms with Crippen LogP contribution in [0.4, 0.5) is 11.4 Å². The number of quaternary nitrogens is 1. The smallest absolute Gasteiger partial charge is 0.292 e. The van der Waals surface area contributed by atoms with Gasteiger partial charge >= 0.3 is 0 Å². The number of nitrogens with one attached hydrogen (secondary N) is 2. The lowest BCUT2D eigenvalue weighted by atomic mass is 10.0. The summed E-state index contributed by atoms with van der Waals surface area (Å²) in [7, 11) is 3.21. The largest absolute Gasteiger partial charge is 0.497 e. The normalized spacial score (nSPS) is 18.3. The number of hydrogen-bond donors (Lipinski definition) is 2. The van der Waals surface area contributed by atoms with Crippen molar-refractivity contribution < 1.29 is 24.1 Å². The molecule has 2 atom stereocenters. The van der Waals surface area contributed by atoms with Crippen molar-refractivity contribution in [1.29, 1.82) is 0 Å². The van der Waals surface area contributed by atoms with E-state index in [0.29, 0.717) is 10.8 Å². The van der Waals surface area contributed by atoms with Gasteiger partial charge in [-0.2, -0.15) is 0 Å². The Bertz CT molecular complexity index is 921. The Morgan fingerprint density at radius 3 is 2.76 bits per heavy atom. The fourth-order valence-corrected chi connectivity index (χ4v) is 3.95. The van der Waals surface area contributed by atoms with E-state index in [9.17, 15) is 14.9 Å². The van der Waals surface area contributed by atoms with Crippen molar-refractivity contribution in [1.82, 2.24) is 0 Å². The number of anilines is 1. The van der Waals surface area contributed by atoms with Crippen molar-refractivity contribution in [3.63, 3.8) is 0 Å². The summed E-state index contributed by atoms with van der Waals surface area (Å²) in [5.74, 6) is 1.13. The van der Waals surface area contributed by atoms with Crippen molar-refractivity contribution in [2.24, 2.45) is 0 Å². The number of hydrogen-bond acceptors (Lipinski definition) is 5. The maximum atomic E-state index is 12.6. The van der Waals surface area contributed by atoms with Crippen LogP contribution in [0, 0.1) is 10.1 Å². The molecular weight excluding hydrogens is 398 g/mol. The molecule has 0 radical (unpaired) electrons. The van der Waals surface area contributed by atoms with Crippen molar-refractivity contribution in [3.05, 3.63) is 57.1 Å². The quantitative estimate of drug-likeness (QED) is 0.530. The number of benzene rings is 2. The zero-order chi connectivity index (χ0) is 21.0. The Kier molecular flexibility index (Phi) is 6.56. The Morgan fingerprint density at radius 1 is 1.28 bits per heavy atom. The van der Waals surface area contributed by atoms with Gasteiger partial charge in [0.05, 0.1) is 31.3 Å². The molecule has 0 aliphatic carbocycles. The molecule has 1 heterocycles. The zero-order valence-corrected chi connectivity index (χ0v) is 17.0. The number of methoxy groups -OCH3 is 2. The number of amides is 1. The fourth-order valence-electron chi connectivity index (χ4n) is 3.77. The molecule has 9 heteroatoms. The molecule has 2 aromatic rings. The Balaban J connectivity index is 1.76. The lowest BCUT2D eigenvalue weighted by Gasteiger charge is -2.23. The average Bonchev–Trinajstić information content (AvgIpc) is 3.14. The minimum atomic E-state index is -0.542. The number of halogens is 1.